The van der Waals surface area contributed by atoms with Crippen LogP contribution < -0.4 is 0 Å². The third-order valence-electron chi connectivity index (χ3n) is 6.73. The minimum absolute atomic E-state index is 0.0276. The zero-order chi connectivity index (χ0) is 21.1. The number of piperazine rings is 1. The summed E-state index contributed by atoms with van der Waals surface area (Å²) >= 11 is 1.43. The number of piperidine rings is 1. The number of carbonyl (C=O) groups is 3. The average molecular weight is 433 g/mol. The van der Waals surface area contributed by atoms with E-state index in [1.165, 1.54) is 17.8 Å². The summed E-state index contributed by atoms with van der Waals surface area (Å²) in [6, 6.07) is 3.21. The first-order valence-electron chi connectivity index (χ1n) is 11.2. The number of nitrogens with zero attached hydrogens (tertiary/aromatic N) is 4. The summed E-state index contributed by atoms with van der Waals surface area (Å²) in [5, 5.41) is 1.89. The first-order chi connectivity index (χ1) is 14.6. The summed E-state index contributed by atoms with van der Waals surface area (Å²) in [4.78, 5) is 47.3. The topological polar surface area (TPSA) is 64.2 Å². The van der Waals surface area contributed by atoms with Crippen LogP contribution in [-0.4, -0.2) is 95.2 Å². The molecule has 4 rings (SSSR count). The lowest BCUT2D eigenvalue weighted by atomic mass is 10.1. The summed E-state index contributed by atoms with van der Waals surface area (Å²) in [5.74, 6) is 0.255. The molecule has 0 bridgehead atoms. The normalized spacial score (nSPS) is 24.2. The Morgan fingerprint density at radius 2 is 1.67 bits per heavy atom. The van der Waals surface area contributed by atoms with Crippen molar-refractivity contribution >= 4 is 29.1 Å². The zero-order valence-corrected chi connectivity index (χ0v) is 18.6. The van der Waals surface area contributed by atoms with Gasteiger partial charge in [0.05, 0.1) is 10.9 Å². The quantitative estimate of drug-likeness (QED) is 0.729. The highest BCUT2D eigenvalue weighted by Crippen LogP contribution is 2.24. The Kier molecular flexibility index (Phi) is 6.73. The molecule has 3 saturated heterocycles. The fourth-order valence-electron chi connectivity index (χ4n) is 4.88. The molecule has 0 aliphatic carbocycles. The van der Waals surface area contributed by atoms with Crippen LogP contribution >= 0.6 is 11.3 Å². The molecule has 1 aromatic heterocycles. The SMILES string of the molecule is CC(C(=O)N1CCCCC1)N1CCN(C(=O)[C@@H]2CCCN2C(=O)c2cccs2)CC1. The van der Waals surface area contributed by atoms with Gasteiger partial charge in [-0.1, -0.05) is 6.07 Å². The lowest BCUT2D eigenvalue weighted by Gasteiger charge is -2.40. The minimum atomic E-state index is -0.349. The highest BCUT2D eigenvalue weighted by Gasteiger charge is 2.38. The zero-order valence-electron chi connectivity index (χ0n) is 17.8. The predicted molar refractivity (Wildman–Crippen MR) is 116 cm³/mol. The fraction of sp³-hybridized carbons (Fsp3) is 0.682. The second-order valence-corrected chi connectivity index (χ2v) is 9.50. The van der Waals surface area contributed by atoms with Gasteiger partial charge in [-0.25, -0.2) is 0 Å². The van der Waals surface area contributed by atoms with Crippen molar-refractivity contribution in [2.45, 2.75) is 51.1 Å². The third kappa shape index (κ3) is 4.39. The van der Waals surface area contributed by atoms with Crippen LogP contribution in [0.4, 0.5) is 0 Å². The maximum absolute atomic E-state index is 13.2. The van der Waals surface area contributed by atoms with Crippen molar-refractivity contribution in [2.75, 3.05) is 45.8 Å². The van der Waals surface area contributed by atoms with Gasteiger partial charge in [-0.05, 0) is 50.5 Å². The van der Waals surface area contributed by atoms with Crippen molar-refractivity contribution in [1.82, 2.24) is 19.6 Å². The molecule has 0 N–H and O–H groups in total. The Morgan fingerprint density at radius 3 is 2.33 bits per heavy atom. The van der Waals surface area contributed by atoms with Crippen LogP contribution in [0.5, 0.6) is 0 Å². The van der Waals surface area contributed by atoms with Crippen molar-refractivity contribution in [3.8, 4) is 0 Å². The van der Waals surface area contributed by atoms with Gasteiger partial charge in [0.2, 0.25) is 11.8 Å². The van der Waals surface area contributed by atoms with Crippen molar-refractivity contribution in [3.05, 3.63) is 22.4 Å². The Labute approximate surface area is 182 Å². The first kappa shape index (κ1) is 21.3. The molecule has 7 nitrogen and oxygen atoms in total. The molecule has 0 radical (unpaired) electrons. The van der Waals surface area contributed by atoms with Crippen LogP contribution in [0, 0.1) is 0 Å². The van der Waals surface area contributed by atoms with E-state index in [0.29, 0.717) is 37.6 Å². The van der Waals surface area contributed by atoms with Crippen molar-refractivity contribution < 1.29 is 14.4 Å². The summed E-state index contributed by atoms with van der Waals surface area (Å²) in [6.45, 7) is 7.04. The molecule has 1 unspecified atom stereocenters. The van der Waals surface area contributed by atoms with Gasteiger partial charge >= 0.3 is 0 Å². The van der Waals surface area contributed by atoms with E-state index in [9.17, 15) is 14.4 Å². The Balaban J connectivity index is 1.31. The molecule has 2 atom stereocenters. The van der Waals surface area contributed by atoms with Gasteiger partial charge in [-0.15, -0.1) is 11.3 Å². The second kappa shape index (κ2) is 9.47. The van der Waals surface area contributed by atoms with Gasteiger partial charge in [0.15, 0.2) is 0 Å². The van der Waals surface area contributed by atoms with Crippen LogP contribution in [-0.2, 0) is 9.59 Å². The van der Waals surface area contributed by atoms with E-state index in [2.05, 4.69) is 4.90 Å². The van der Waals surface area contributed by atoms with Crippen LogP contribution in [0.3, 0.4) is 0 Å². The molecular weight excluding hydrogens is 400 g/mol. The minimum Gasteiger partial charge on any atom is -0.341 e. The number of hydrogen-bond donors (Lipinski definition) is 0. The van der Waals surface area contributed by atoms with Gasteiger partial charge in [0.25, 0.3) is 5.91 Å². The maximum Gasteiger partial charge on any atom is 0.264 e. The monoisotopic (exact) mass is 432 g/mol. The Morgan fingerprint density at radius 1 is 0.933 bits per heavy atom. The summed E-state index contributed by atoms with van der Waals surface area (Å²) < 4.78 is 0. The highest BCUT2D eigenvalue weighted by molar-refractivity contribution is 7.12. The van der Waals surface area contributed by atoms with Crippen LogP contribution in [0.15, 0.2) is 17.5 Å². The third-order valence-corrected chi connectivity index (χ3v) is 7.59. The Bertz CT molecular complexity index is 754. The lowest BCUT2D eigenvalue weighted by Crippen LogP contribution is -2.58. The predicted octanol–water partition coefficient (Wildman–Crippen LogP) is 1.90. The van der Waals surface area contributed by atoms with Crippen LogP contribution in [0.25, 0.3) is 0 Å². The second-order valence-electron chi connectivity index (χ2n) is 8.56. The van der Waals surface area contributed by atoms with E-state index < -0.39 is 0 Å². The molecule has 3 aliphatic heterocycles. The standard InChI is InChI=1S/C22H32N4O3S/c1-17(20(27)24-9-3-2-4-10-24)23-12-14-25(15-13-23)21(28)18-7-5-11-26(18)22(29)19-8-6-16-30-19/h6,8,16-18H,2-5,7,9-15H2,1H3/t17?,18-/m0/s1. The highest BCUT2D eigenvalue weighted by atomic mass is 32.1. The molecule has 1 aromatic rings. The van der Waals surface area contributed by atoms with Crippen molar-refractivity contribution in [2.24, 2.45) is 0 Å². The summed E-state index contributed by atoms with van der Waals surface area (Å²) in [6.07, 6.45) is 5.02. The van der Waals surface area contributed by atoms with Gasteiger partial charge in [0, 0.05) is 45.8 Å². The molecule has 0 saturated carbocycles. The molecule has 30 heavy (non-hydrogen) atoms. The largest absolute Gasteiger partial charge is 0.341 e. The molecular formula is C22H32N4O3S. The van der Waals surface area contributed by atoms with Gasteiger partial charge < -0.3 is 14.7 Å². The number of thiophene rings is 1. The molecule has 164 valence electrons. The molecule has 3 amide bonds. The average Bonchev–Trinajstić information content (AvgIpc) is 3.50. The Hall–Kier alpha value is -1.93. The van der Waals surface area contributed by atoms with Gasteiger partial charge in [-0.2, -0.15) is 0 Å². The summed E-state index contributed by atoms with van der Waals surface area (Å²) in [7, 11) is 0. The van der Waals surface area contributed by atoms with E-state index in [1.807, 2.05) is 34.2 Å². The smallest absolute Gasteiger partial charge is 0.264 e. The molecule has 3 fully saturated rings. The molecule has 4 heterocycles. The van der Waals surface area contributed by atoms with Gasteiger partial charge in [0.1, 0.15) is 6.04 Å². The van der Waals surface area contributed by atoms with Crippen molar-refractivity contribution in [1.29, 1.82) is 0 Å². The number of rotatable bonds is 4. The molecule has 0 aromatic carbocycles. The first-order valence-corrected chi connectivity index (χ1v) is 12.1. The van der Waals surface area contributed by atoms with Crippen LogP contribution in [0.1, 0.15) is 48.7 Å². The van der Waals surface area contributed by atoms with Crippen molar-refractivity contribution in [3.63, 3.8) is 0 Å². The van der Waals surface area contributed by atoms with Gasteiger partial charge in [-0.3, -0.25) is 19.3 Å². The fourth-order valence-corrected chi connectivity index (χ4v) is 5.56. The van der Waals surface area contributed by atoms with E-state index in [0.717, 1.165) is 38.8 Å². The van der Waals surface area contributed by atoms with Crippen LogP contribution in [0.2, 0.25) is 0 Å². The summed E-state index contributed by atoms with van der Waals surface area (Å²) in [5.41, 5.74) is 0. The van der Waals surface area contributed by atoms with E-state index in [1.54, 1.807) is 4.90 Å². The number of amides is 3. The molecule has 3 aliphatic rings. The van der Waals surface area contributed by atoms with E-state index in [-0.39, 0.29) is 29.8 Å². The molecule has 0 spiro atoms. The lowest BCUT2D eigenvalue weighted by molar-refractivity contribution is -0.141. The molecule has 8 heteroatoms. The maximum atomic E-state index is 13.2. The number of likely N-dealkylation sites (tertiary alicyclic amines) is 2. The van der Waals surface area contributed by atoms with E-state index >= 15 is 0 Å². The number of carbonyl (C=O) groups excluding carboxylic acids is 3. The number of hydrogen-bond acceptors (Lipinski definition) is 5. The van der Waals surface area contributed by atoms with E-state index in [4.69, 9.17) is 0 Å².